The molecule has 1 saturated heterocycles. The number of carbonyl (C=O) groups is 2. The molecule has 1 aliphatic heterocycles. The molecule has 1 aliphatic rings. The van der Waals surface area contributed by atoms with Crippen LogP contribution in [0.15, 0.2) is 47.9 Å². The van der Waals surface area contributed by atoms with E-state index in [0.717, 1.165) is 32.4 Å². The van der Waals surface area contributed by atoms with Gasteiger partial charge < -0.3 is 9.64 Å². The van der Waals surface area contributed by atoms with Crippen LogP contribution in [0.4, 0.5) is 0 Å². The first-order valence-corrected chi connectivity index (χ1v) is 11.3. The van der Waals surface area contributed by atoms with Crippen LogP contribution < -0.4 is 0 Å². The first-order chi connectivity index (χ1) is 13.4. The molecule has 2 atom stereocenters. The molecule has 154 valence electrons. The molecular weight excluding hydrogens is 378 g/mol. The van der Waals surface area contributed by atoms with Crippen LogP contribution in [0, 0.1) is 0 Å². The third-order valence-corrected chi connectivity index (χ3v) is 7.18. The highest BCUT2D eigenvalue weighted by atomic mass is 32.2. The van der Waals surface area contributed by atoms with Gasteiger partial charge in [0, 0.05) is 26.4 Å². The molecule has 7 heteroatoms. The van der Waals surface area contributed by atoms with Gasteiger partial charge >= 0.3 is 5.97 Å². The summed E-state index contributed by atoms with van der Waals surface area (Å²) in [7, 11) is -3.75. The number of hydrogen-bond donors (Lipinski definition) is 0. The molecule has 0 radical (unpaired) electrons. The Morgan fingerprint density at radius 2 is 1.82 bits per heavy atom. The van der Waals surface area contributed by atoms with Crippen molar-refractivity contribution in [3.63, 3.8) is 0 Å². The molecule has 2 rings (SSSR count). The Morgan fingerprint density at radius 3 is 2.39 bits per heavy atom. The number of allylic oxidation sites excluding steroid dienone is 1. The zero-order valence-electron chi connectivity index (χ0n) is 16.4. The highest BCUT2D eigenvalue weighted by molar-refractivity contribution is 7.92. The van der Waals surface area contributed by atoms with Crippen molar-refractivity contribution in [2.24, 2.45) is 0 Å². The van der Waals surface area contributed by atoms with Crippen molar-refractivity contribution in [2.45, 2.75) is 61.7 Å². The zero-order chi connectivity index (χ0) is 20.6. The van der Waals surface area contributed by atoms with Gasteiger partial charge in [0.05, 0.1) is 4.90 Å². The fraction of sp³-hybridized carbons (Fsp3) is 0.524. The Balaban J connectivity index is 2.20. The van der Waals surface area contributed by atoms with Gasteiger partial charge in [-0.15, -0.1) is 6.58 Å². The maximum Gasteiger partial charge on any atom is 0.302 e. The first-order valence-electron chi connectivity index (χ1n) is 9.71. The number of benzene rings is 1. The van der Waals surface area contributed by atoms with E-state index in [4.69, 9.17) is 4.74 Å². The number of sulfone groups is 1. The summed E-state index contributed by atoms with van der Waals surface area (Å²) in [5.41, 5.74) is 0. The Bertz CT molecular complexity index is 769. The highest BCUT2D eigenvalue weighted by Gasteiger charge is 2.36. The molecule has 1 amide bonds. The average molecular weight is 408 g/mol. The van der Waals surface area contributed by atoms with E-state index >= 15 is 0 Å². The number of nitrogens with zero attached hydrogens (tertiary/aromatic N) is 1. The Kier molecular flexibility index (Phi) is 8.23. The summed E-state index contributed by atoms with van der Waals surface area (Å²) >= 11 is 0. The van der Waals surface area contributed by atoms with Gasteiger partial charge in [0.2, 0.25) is 5.91 Å². The van der Waals surface area contributed by atoms with E-state index < -0.39 is 27.2 Å². The van der Waals surface area contributed by atoms with E-state index in [1.165, 1.54) is 25.1 Å². The summed E-state index contributed by atoms with van der Waals surface area (Å²) in [6.07, 6.45) is 4.14. The van der Waals surface area contributed by atoms with Gasteiger partial charge in [-0.25, -0.2) is 8.42 Å². The van der Waals surface area contributed by atoms with E-state index in [1.54, 1.807) is 18.2 Å². The van der Waals surface area contributed by atoms with Crippen molar-refractivity contribution in [1.29, 1.82) is 0 Å². The summed E-state index contributed by atoms with van der Waals surface area (Å²) in [6, 6.07) is 8.09. The van der Waals surface area contributed by atoms with Gasteiger partial charge in [-0.3, -0.25) is 9.59 Å². The van der Waals surface area contributed by atoms with Crippen molar-refractivity contribution < 1.29 is 22.7 Å². The number of likely N-dealkylation sites (tertiary alicyclic amines) is 1. The number of hydrogen-bond acceptors (Lipinski definition) is 5. The van der Waals surface area contributed by atoms with Gasteiger partial charge in [0.15, 0.2) is 9.84 Å². The number of rotatable bonds is 9. The highest BCUT2D eigenvalue weighted by Crippen LogP contribution is 2.26. The van der Waals surface area contributed by atoms with Gasteiger partial charge in [0.1, 0.15) is 11.4 Å². The van der Waals surface area contributed by atoms with Crippen molar-refractivity contribution in [1.82, 2.24) is 4.90 Å². The minimum atomic E-state index is -3.75. The number of ether oxygens (including phenoxy) is 1. The Labute approximate surface area is 167 Å². The molecule has 0 saturated carbocycles. The minimum Gasteiger partial charge on any atom is -0.461 e. The number of piperidine rings is 1. The van der Waals surface area contributed by atoms with Crippen LogP contribution in [0.2, 0.25) is 0 Å². The normalized spacial score (nSPS) is 16.8. The lowest BCUT2D eigenvalue weighted by Gasteiger charge is -2.29. The van der Waals surface area contributed by atoms with Crippen molar-refractivity contribution in [3.8, 4) is 0 Å². The summed E-state index contributed by atoms with van der Waals surface area (Å²) in [4.78, 5) is 26.1. The van der Waals surface area contributed by atoms with Crippen LogP contribution in [0.3, 0.4) is 0 Å². The molecule has 0 N–H and O–H groups in total. The molecule has 0 aliphatic carbocycles. The Hall–Kier alpha value is -2.15. The second-order valence-electron chi connectivity index (χ2n) is 7.05. The predicted molar refractivity (Wildman–Crippen MR) is 107 cm³/mol. The fourth-order valence-corrected chi connectivity index (χ4v) is 5.40. The first kappa shape index (κ1) is 22.1. The standard InChI is InChI=1S/C21H29NO5S/c1-3-10-20(28(25,26)18-11-6-4-7-12-18)19(27-17(2)23)13-14-21(24)22-15-8-5-9-16-22/h3-4,6-7,11-12,19-20H,1,5,8-10,13-16H2,2H3. The Morgan fingerprint density at radius 1 is 1.18 bits per heavy atom. The SMILES string of the molecule is C=CCC(C(CCC(=O)N1CCCCC1)OC(C)=O)S(=O)(=O)c1ccccc1. The molecule has 1 aromatic rings. The molecular formula is C21H29NO5S. The average Bonchev–Trinajstić information content (AvgIpc) is 2.70. The monoisotopic (exact) mass is 407 g/mol. The van der Waals surface area contributed by atoms with E-state index in [2.05, 4.69) is 6.58 Å². The van der Waals surface area contributed by atoms with Crippen LogP contribution in [0.5, 0.6) is 0 Å². The van der Waals surface area contributed by atoms with Crippen LogP contribution in [-0.2, 0) is 24.2 Å². The van der Waals surface area contributed by atoms with Crippen LogP contribution >= 0.6 is 0 Å². The molecule has 28 heavy (non-hydrogen) atoms. The summed E-state index contributed by atoms with van der Waals surface area (Å²) in [5, 5.41) is -0.981. The topological polar surface area (TPSA) is 80.8 Å². The second-order valence-corrected chi connectivity index (χ2v) is 9.22. The van der Waals surface area contributed by atoms with Crippen molar-refractivity contribution in [2.75, 3.05) is 13.1 Å². The number of amides is 1. The lowest BCUT2D eigenvalue weighted by atomic mass is 10.1. The lowest BCUT2D eigenvalue weighted by Crippen LogP contribution is -2.40. The lowest BCUT2D eigenvalue weighted by molar-refractivity contribution is -0.148. The summed E-state index contributed by atoms with van der Waals surface area (Å²) in [6.45, 7) is 6.37. The van der Waals surface area contributed by atoms with E-state index in [-0.39, 0.29) is 30.1 Å². The number of esters is 1. The summed E-state index contributed by atoms with van der Waals surface area (Å²) in [5.74, 6) is -0.584. The van der Waals surface area contributed by atoms with E-state index in [1.807, 2.05) is 4.90 Å². The third kappa shape index (κ3) is 5.92. The second kappa shape index (κ2) is 10.4. The molecule has 0 bridgehead atoms. The van der Waals surface area contributed by atoms with Gasteiger partial charge in [0.25, 0.3) is 0 Å². The summed E-state index contributed by atoms with van der Waals surface area (Å²) < 4.78 is 31.7. The molecule has 2 unspecified atom stereocenters. The van der Waals surface area contributed by atoms with Crippen LogP contribution in [-0.4, -0.2) is 49.6 Å². The molecule has 1 heterocycles. The van der Waals surface area contributed by atoms with Gasteiger partial charge in [-0.05, 0) is 44.2 Å². The molecule has 1 aromatic carbocycles. The molecule has 6 nitrogen and oxygen atoms in total. The van der Waals surface area contributed by atoms with Crippen molar-refractivity contribution in [3.05, 3.63) is 43.0 Å². The van der Waals surface area contributed by atoms with Crippen molar-refractivity contribution >= 4 is 21.7 Å². The smallest absolute Gasteiger partial charge is 0.302 e. The van der Waals surface area contributed by atoms with E-state index in [9.17, 15) is 18.0 Å². The predicted octanol–water partition coefficient (Wildman–Crippen LogP) is 3.13. The van der Waals surface area contributed by atoms with Gasteiger partial charge in [-0.1, -0.05) is 24.3 Å². The third-order valence-electron chi connectivity index (χ3n) is 4.95. The maximum absolute atomic E-state index is 13.2. The van der Waals surface area contributed by atoms with Crippen LogP contribution in [0.1, 0.15) is 45.4 Å². The van der Waals surface area contributed by atoms with E-state index in [0.29, 0.717) is 0 Å². The fourth-order valence-electron chi connectivity index (χ4n) is 3.53. The zero-order valence-corrected chi connectivity index (χ0v) is 17.2. The van der Waals surface area contributed by atoms with Crippen LogP contribution in [0.25, 0.3) is 0 Å². The quantitative estimate of drug-likeness (QED) is 0.464. The maximum atomic E-state index is 13.2. The minimum absolute atomic E-state index is 0.0219. The number of carbonyl (C=O) groups excluding carboxylic acids is 2. The molecule has 0 spiro atoms. The largest absolute Gasteiger partial charge is 0.461 e. The van der Waals surface area contributed by atoms with Gasteiger partial charge in [-0.2, -0.15) is 0 Å². The molecule has 0 aromatic heterocycles. The molecule has 1 fully saturated rings.